The van der Waals surface area contributed by atoms with Gasteiger partial charge in [0.2, 0.25) is 0 Å². The molecule has 0 bridgehead atoms. The van der Waals surface area contributed by atoms with E-state index in [0.29, 0.717) is 19.4 Å². The Balaban J connectivity index is 2.90. The Bertz CT molecular complexity index is 451. The van der Waals surface area contributed by atoms with Gasteiger partial charge in [0.25, 0.3) is 0 Å². The maximum Gasteiger partial charge on any atom is 0.335 e. The number of hydrogen-bond acceptors (Lipinski definition) is 7. The first-order valence-corrected chi connectivity index (χ1v) is 9.45. The SMILES string of the molecule is COC(=O)C(CC(C)C)O[C@@H]([C@@H]1C[C@@H](S)CN1)S(C)(=O)=O. The summed E-state index contributed by atoms with van der Waals surface area (Å²) in [6, 6.07) is -0.359. The van der Waals surface area contributed by atoms with Crippen LogP contribution in [0.15, 0.2) is 0 Å². The van der Waals surface area contributed by atoms with E-state index in [1.807, 2.05) is 13.8 Å². The lowest BCUT2D eigenvalue weighted by atomic mass is 10.1. The smallest absolute Gasteiger partial charge is 0.335 e. The Morgan fingerprint density at radius 3 is 2.43 bits per heavy atom. The van der Waals surface area contributed by atoms with E-state index < -0.39 is 27.3 Å². The minimum Gasteiger partial charge on any atom is -0.467 e. The van der Waals surface area contributed by atoms with Gasteiger partial charge in [0.15, 0.2) is 21.4 Å². The summed E-state index contributed by atoms with van der Waals surface area (Å²) < 4.78 is 34.4. The summed E-state index contributed by atoms with van der Waals surface area (Å²) in [6.07, 6.45) is 1.23. The number of hydrogen-bond donors (Lipinski definition) is 2. The van der Waals surface area contributed by atoms with Crippen LogP contribution in [0, 0.1) is 5.92 Å². The molecule has 1 saturated heterocycles. The summed E-state index contributed by atoms with van der Waals surface area (Å²) >= 11 is 4.34. The van der Waals surface area contributed by atoms with Crippen molar-refractivity contribution in [2.24, 2.45) is 5.92 Å². The molecular formula is C13H25NO5S2. The van der Waals surface area contributed by atoms with E-state index in [0.717, 1.165) is 6.26 Å². The summed E-state index contributed by atoms with van der Waals surface area (Å²) in [7, 11) is -2.20. The second kappa shape index (κ2) is 7.80. The summed E-state index contributed by atoms with van der Waals surface area (Å²) in [5.41, 5.74) is -1.07. The van der Waals surface area contributed by atoms with E-state index in [2.05, 4.69) is 17.9 Å². The van der Waals surface area contributed by atoms with Crippen molar-refractivity contribution in [2.45, 2.75) is 49.5 Å². The third kappa shape index (κ3) is 5.77. The lowest BCUT2D eigenvalue weighted by Gasteiger charge is -2.27. The monoisotopic (exact) mass is 339 g/mol. The molecular weight excluding hydrogens is 314 g/mol. The predicted molar refractivity (Wildman–Crippen MR) is 84.2 cm³/mol. The minimum absolute atomic E-state index is 0.0875. The van der Waals surface area contributed by atoms with Gasteiger partial charge in [-0.1, -0.05) is 13.8 Å². The fourth-order valence-corrected chi connectivity index (χ4v) is 3.85. The van der Waals surface area contributed by atoms with Crippen molar-refractivity contribution >= 4 is 28.4 Å². The van der Waals surface area contributed by atoms with Crippen molar-refractivity contribution in [3.8, 4) is 0 Å². The van der Waals surface area contributed by atoms with Gasteiger partial charge in [-0.15, -0.1) is 0 Å². The van der Waals surface area contributed by atoms with Gasteiger partial charge in [-0.3, -0.25) is 0 Å². The molecule has 0 amide bonds. The molecule has 0 aromatic carbocycles. The molecule has 0 aliphatic carbocycles. The highest BCUT2D eigenvalue weighted by molar-refractivity contribution is 7.91. The van der Waals surface area contributed by atoms with E-state index in [1.54, 1.807) is 0 Å². The molecule has 0 radical (unpaired) electrons. The summed E-state index contributed by atoms with van der Waals surface area (Å²) in [5, 5.41) is 3.18. The van der Waals surface area contributed by atoms with Crippen LogP contribution >= 0.6 is 12.6 Å². The number of methoxy groups -OCH3 is 1. The Kier molecular flexibility index (Phi) is 6.96. The van der Waals surface area contributed by atoms with Gasteiger partial charge in [-0.25, -0.2) is 13.2 Å². The molecule has 124 valence electrons. The van der Waals surface area contributed by atoms with Gasteiger partial charge < -0.3 is 14.8 Å². The van der Waals surface area contributed by atoms with Crippen molar-refractivity contribution in [1.82, 2.24) is 5.32 Å². The first-order valence-electron chi connectivity index (χ1n) is 6.98. The molecule has 0 saturated carbocycles. The highest BCUT2D eigenvalue weighted by Crippen LogP contribution is 2.23. The third-order valence-electron chi connectivity index (χ3n) is 3.34. The molecule has 1 aliphatic heterocycles. The van der Waals surface area contributed by atoms with Crippen LogP contribution in [0.3, 0.4) is 0 Å². The molecule has 1 fully saturated rings. The second-order valence-electron chi connectivity index (χ2n) is 5.88. The number of ether oxygens (including phenoxy) is 2. The second-order valence-corrected chi connectivity index (χ2v) is 8.73. The molecule has 0 spiro atoms. The highest BCUT2D eigenvalue weighted by atomic mass is 32.2. The molecule has 0 aromatic heterocycles. The van der Waals surface area contributed by atoms with Crippen molar-refractivity contribution in [1.29, 1.82) is 0 Å². The van der Waals surface area contributed by atoms with E-state index in [4.69, 9.17) is 9.47 Å². The van der Waals surface area contributed by atoms with Crippen LogP contribution in [0.5, 0.6) is 0 Å². The Morgan fingerprint density at radius 2 is 2.05 bits per heavy atom. The van der Waals surface area contributed by atoms with E-state index in [-0.39, 0.29) is 17.2 Å². The minimum atomic E-state index is -3.47. The fraction of sp³-hybridized carbons (Fsp3) is 0.923. The topological polar surface area (TPSA) is 81.7 Å². The third-order valence-corrected chi connectivity index (χ3v) is 5.02. The van der Waals surface area contributed by atoms with Crippen molar-refractivity contribution < 1.29 is 22.7 Å². The van der Waals surface area contributed by atoms with E-state index in [9.17, 15) is 13.2 Å². The molecule has 1 heterocycles. The molecule has 1 unspecified atom stereocenters. The standard InChI is InChI=1S/C13H25NO5S2/c1-8(2)5-11(12(15)18-3)19-13(21(4,16)17)10-6-9(20)7-14-10/h8-11,13-14,20H,5-7H2,1-4H3/t9-,10+,11?,13-/m1/s1. The zero-order chi connectivity index (χ0) is 16.2. The van der Waals surface area contributed by atoms with Crippen LogP contribution in [0.1, 0.15) is 26.7 Å². The number of nitrogens with one attached hydrogen (secondary N) is 1. The van der Waals surface area contributed by atoms with Crippen LogP contribution < -0.4 is 5.32 Å². The summed E-state index contributed by atoms with van der Waals surface area (Å²) in [5.74, 6) is -0.360. The lowest BCUT2D eigenvalue weighted by Crippen LogP contribution is -2.46. The normalized spacial score (nSPS) is 25.8. The van der Waals surface area contributed by atoms with Gasteiger partial charge >= 0.3 is 5.97 Å². The average Bonchev–Trinajstić information content (AvgIpc) is 2.77. The number of carbonyl (C=O) groups excluding carboxylic acids is 1. The maximum atomic E-state index is 12.0. The maximum absolute atomic E-state index is 12.0. The average molecular weight is 339 g/mol. The molecule has 1 aliphatic rings. The highest BCUT2D eigenvalue weighted by Gasteiger charge is 2.39. The zero-order valence-electron chi connectivity index (χ0n) is 12.9. The number of sulfone groups is 1. The number of thiol groups is 1. The van der Waals surface area contributed by atoms with Crippen LogP contribution in [0.2, 0.25) is 0 Å². The van der Waals surface area contributed by atoms with Gasteiger partial charge in [0, 0.05) is 24.1 Å². The van der Waals surface area contributed by atoms with Gasteiger partial charge in [0.05, 0.1) is 7.11 Å². The Labute approximate surface area is 132 Å². The van der Waals surface area contributed by atoms with Crippen molar-refractivity contribution in [3.63, 3.8) is 0 Å². The Morgan fingerprint density at radius 1 is 1.43 bits per heavy atom. The Hall–Kier alpha value is -0.310. The lowest BCUT2D eigenvalue weighted by molar-refractivity contribution is -0.157. The number of esters is 1. The van der Waals surface area contributed by atoms with Crippen LogP contribution in [-0.2, 0) is 24.1 Å². The molecule has 21 heavy (non-hydrogen) atoms. The molecule has 4 atom stereocenters. The zero-order valence-corrected chi connectivity index (χ0v) is 14.6. The van der Waals surface area contributed by atoms with Crippen molar-refractivity contribution in [2.75, 3.05) is 19.9 Å². The molecule has 1 N–H and O–H groups in total. The first kappa shape index (κ1) is 18.7. The van der Waals surface area contributed by atoms with Crippen LogP contribution in [0.4, 0.5) is 0 Å². The number of carbonyl (C=O) groups is 1. The van der Waals surface area contributed by atoms with E-state index >= 15 is 0 Å². The first-order chi connectivity index (χ1) is 9.65. The molecule has 0 aromatic rings. The van der Waals surface area contributed by atoms with Gasteiger partial charge in [-0.2, -0.15) is 12.6 Å². The van der Waals surface area contributed by atoms with E-state index in [1.165, 1.54) is 7.11 Å². The molecule has 1 rings (SSSR count). The quantitative estimate of drug-likeness (QED) is 0.523. The summed E-state index contributed by atoms with van der Waals surface area (Å²) in [6.45, 7) is 4.49. The van der Waals surface area contributed by atoms with Crippen LogP contribution in [-0.4, -0.2) is 57.1 Å². The largest absolute Gasteiger partial charge is 0.467 e. The van der Waals surface area contributed by atoms with Crippen LogP contribution in [0.25, 0.3) is 0 Å². The van der Waals surface area contributed by atoms with Crippen molar-refractivity contribution in [3.05, 3.63) is 0 Å². The predicted octanol–water partition coefficient (Wildman–Crippen LogP) is 0.622. The molecule has 6 nitrogen and oxygen atoms in total. The summed E-state index contributed by atoms with van der Waals surface area (Å²) in [4.78, 5) is 11.8. The number of rotatable bonds is 7. The van der Waals surface area contributed by atoms with Gasteiger partial charge in [0.1, 0.15) is 0 Å². The van der Waals surface area contributed by atoms with Gasteiger partial charge in [-0.05, 0) is 18.8 Å². The fourth-order valence-electron chi connectivity index (χ4n) is 2.38. The molecule has 8 heteroatoms.